The van der Waals surface area contributed by atoms with Crippen molar-refractivity contribution in [3.05, 3.63) is 11.5 Å². The topological polar surface area (TPSA) is 84.0 Å². The standard InChI is InChI=1S/C5H8N2O2S2/c6-5(7)10-4-1-2-11(8,9)3-4/h1-2,4H,3H2,(H3,6,7). The van der Waals surface area contributed by atoms with Gasteiger partial charge in [-0.1, -0.05) is 17.8 Å². The number of thioether (sulfide) groups is 1. The molecule has 1 rings (SSSR count). The lowest BCUT2D eigenvalue weighted by Gasteiger charge is -2.02. The lowest BCUT2D eigenvalue weighted by Crippen LogP contribution is -2.14. The average molecular weight is 192 g/mol. The maximum atomic E-state index is 10.8. The van der Waals surface area contributed by atoms with Gasteiger partial charge in [0.05, 0.1) is 5.75 Å². The Morgan fingerprint density at radius 2 is 2.36 bits per heavy atom. The summed E-state index contributed by atoms with van der Waals surface area (Å²) in [6.07, 6.45) is 1.56. The van der Waals surface area contributed by atoms with Crippen LogP contribution in [0.5, 0.6) is 0 Å². The second-order valence-corrected chi connectivity index (χ2v) is 5.39. The quantitative estimate of drug-likeness (QED) is 0.449. The van der Waals surface area contributed by atoms with Gasteiger partial charge in [-0.25, -0.2) is 8.42 Å². The average Bonchev–Trinajstić information content (AvgIpc) is 2.08. The fourth-order valence-electron chi connectivity index (χ4n) is 0.784. The molecule has 11 heavy (non-hydrogen) atoms. The van der Waals surface area contributed by atoms with Crippen molar-refractivity contribution >= 4 is 26.8 Å². The Balaban J connectivity index is 2.58. The fraction of sp³-hybridized carbons (Fsp3) is 0.400. The molecule has 0 amide bonds. The summed E-state index contributed by atoms with van der Waals surface area (Å²) in [6.45, 7) is 0. The van der Waals surface area contributed by atoms with Gasteiger partial charge in [0, 0.05) is 10.7 Å². The Labute approximate surface area is 69.3 Å². The van der Waals surface area contributed by atoms with Gasteiger partial charge < -0.3 is 5.73 Å². The minimum atomic E-state index is -2.99. The predicted octanol–water partition coefficient (Wildman–Crippen LogP) is -0.0762. The Bertz CT molecular complexity index is 294. The van der Waals surface area contributed by atoms with E-state index in [4.69, 9.17) is 11.1 Å². The molecule has 62 valence electrons. The van der Waals surface area contributed by atoms with Gasteiger partial charge in [-0.3, -0.25) is 5.41 Å². The summed E-state index contributed by atoms with van der Waals surface area (Å²) in [6, 6.07) is 0. The van der Waals surface area contributed by atoms with Gasteiger partial charge in [0.25, 0.3) is 0 Å². The minimum absolute atomic E-state index is 0.0447. The molecule has 4 nitrogen and oxygen atoms in total. The van der Waals surface area contributed by atoms with Gasteiger partial charge >= 0.3 is 0 Å². The number of hydrogen-bond acceptors (Lipinski definition) is 4. The van der Waals surface area contributed by atoms with Crippen molar-refractivity contribution in [3.63, 3.8) is 0 Å². The molecule has 0 saturated carbocycles. The van der Waals surface area contributed by atoms with Crippen LogP contribution in [0.3, 0.4) is 0 Å². The van der Waals surface area contributed by atoms with Crippen molar-refractivity contribution in [1.82, 2.24) is 0 Å². The zero-order chi connectivity index (χ0) is 8.48. The molecule has 1 unspecified atom stereocenters. The molecule has 6 heteroatoms. The summed E-state index contributed by atoms with van der Waals surface area (Å²) in [5.74, 6) is 0.0667. The molecule has 0 aromatic carbocycles. The van der Waals surface area contributed by atoms with Gasteiger partial charge in [-0.2, -0.15) is 0 Å². The van der Waals surface area contributed by atoms with Gasteiger partial charge in [-0.15, -0.1) is 0 Å². The van der Waals surface area contributed by atoms with E-state index in [0.29, 0.717) is 0 Å². The predicted molar refractivity (Wildman–Crippen MR) is 46.2 cm³/mol. The third kappa shape index (κ3) is 2.55. The highest BCUT2D eigenvalue weighted by atomic mass is 32.2. The van der Waals surface area contributed by atoms with Crippen molar-refractivity contribution in [3.8, 4) is 0 Å². The molecule has 1 atom stereocenters. The third-order valence-electron chi connectivity index (χ3n) is 1.18. The summed E-state index contributed by atoms with van der Waals surface area (Å²) in [4.78, 5) is 0. The Morgan fingerprint density at radius 3 is 2.73 bits per heavy atom. The maximum Gasteiger partial charge on any atom is 0.172 e. The van der Waals surface area contributed by atoms with Gasteiger partial charge in [0.15, 0.2) is 15.0 Å². The summed E-state index contributed by atoms with van der Waals surface area (Å²) in [5.41, 5.74) is 5.08. The highest BCUT2D eigenvalue weighted by Crippen LogP contribution is 2.20. The van der Waals surface area contributed by atoms with Crippen LogP contribution in [0, 0.1) is 5.41 Å². The van der Waals surface area contributed by atoms with Crippen LogP contribution < -0.4 is 5.73 Å². The van der Waals surface area contributed by atoms with Crippen LogP contribution in [0.2, 0.25) is 0 Å². The lowest BCUT2D eigenvalue weighted by molar-refractivity contribution is 0.606. The SMILES string of the molecule is N=C(N)SC1C=CS(=O)(=O)C1. The first kappa shape index (κ1) is 8.61. The second-order valence-electron chi connectivity index (χ2n) is 2.18. The maximum absolute atomic E-state index is 10.8. The van der Waals surface area contributed by atoms with Gasteiger partial charge in [0.2, 0.25) is 0 Å². The lowest BCUT2D eigenvalue weighted by atomic mass is 10.5. The summed E-state index contributed by atoms with van der Waals surface area (Å²) >= 11 is 1.06. The van der Waals surface area contributed by atoms with Crippen LogP contribution in [0.15, 0.2) is 11.5 Å². The smallest absolute Gasteiger partial charge is 0.172 e. The van der Waals surface area contributed by atoms with Crippen LogP contribution in [-0.4, -0.2) is 24.6 Å². The first-order valence-electron chi connectivity index (χ1n) is 2.91. The molecule has 0 aromatic heterocycles. The zero-order valence-corrected chi connectivity index (χ0v) is 7.28. The van der Waals surface area contributed by atoms with E-state index in [1.165, 1.54) is 5.41 Å². The van der Waals surface area contributed by atoms with Crippen molar-refractivity contribution < 1.29 is 8.42 Å². The summed E-state index contributed by atoms with van der Waals surface area (Å²) in [7, 11) is -2.99. The molecule has 1 aliphatic heterocycles. The molecule has 0 aromatic rings. The van der Waals surface area contributed by atoms with Crippen LogP contribution in [0.4, 0.5) is 0 Å². The highest BCUT2D eigenvalue weighted by molar-refractivity contribution is 8.15. The normalized spacial score (nSPS) is 27.1. The molecule has 0 bridgehead atoms. The van der Waals surface area contributed by atoms with Crippen LogP contribution in [-0.2, 0) is 9.84 Å². The van der Waals surface area contributed by atoms with E-state index in [2.05, 4.69) is 0 Å². The fourth-order valence-corrected chi connectivity index (χ4v) is 3.32. The van der Waals surface area contributed by atoms with Gasteiger partial charge in [-0.05, 0) is 0 Å². The van der Waals surface area contributed by atoms with E-state index >= 15 is 0 Å². The van der Waals surface area contributed by atoms with Crippen molar-refractivity contribution in [2.75, 3.05) is 5.75 Å². The Hall–Kier alpha value is -0.490. The number of sulfone groups is 1. The molecule has 1 heterocycles. The van der Waals surface area contributed by atoms with E-state index < -0.39 is 9.84 Å². The Kier molecular flexibility index (Phi) is 2.24. The van der Waals surface area contributed by atoms with Crippen molar-refractivity contribution in [2.24, 2.45) is 5.73 Å². The number of hydrogen-bond donors (Lipinski definition) is 2. The van der Waals surface area contributed by atoms with E-state index in [-0.39, 0.29) is 16.2 Å². The zero-order valence-electron chi connectivity index (χ0n) is 5.65. The number of nitrogens with one attached hydrogen (secondary N) is 1. The number of nitrogens with two attached hydrogens (primary N) is 1. The first-order chi connectivity index (χ1) is 4.99. The second kappa shape index (κ2) is 2.86. The molecule has 3 N–H and O–H groups in total. The van der Waals surface area contributed by atoms with Crippen LogP contribution in [0.25, 0.3) is 0 Å². The largest absolute Gasteiger partial charge is 0.379 e. The number of amidine groups is 1. The molecule has 0 saturated heterocycles. The molecule has 0 fully saturated rings. The number of rotatable bonds is 1. The summed E-state index contributed by atoms with van der Waals surface area (Å²) < 4.78 is 21.6. The van der Waals surface area contributed by atoms with E-state index in [1.54, 1.807) is 6.08 Å². The molecular weight excluding hydrogens is 184 g/mol. The van der Waals surface area contributed by atoms with E-state index in [9.17, 15) is 8.42 Å². The summed E-state index contributed by atoms with van der Waals surface area (Å²) in [5, 5.41) is 7.86. The molecule has 1 aliphatic rings. The molecule has 0 aliphatic carbocycles. The molecule has 0 radical (unpaired) electrons. The first-order valence-corrected chi connectivity index (χ1v) is 5.51. The van der Waals surface area contributed by atoms with Crippen molar-refractivity contribution in [1.29, 1.82) is 5.41 Å². The van der Waals surface area contributed by atoms with Crippen molar-refractivity contribution in [2.45, 2.75) is 5.25 Å². The highest BCUT2D eigenvalue weighted by Gasteiger charge is 2.22. The van der Waals surface area contributed by atoms with Gasteiger partial charge in [0.1, 0.15) is 0 Å². The molecule has 0 spiro atoms. The third-order valence-corrected chi connectivity index (χ3v) is 3.66. The van der Waals surface area contributed by atoms with Crippen LogP contribution >= 0.6 is 11.8 Å². The minimum Gasteiger partial charge on any atom is -0.379 e. The molecular formula is C5H8N2O2S2. The van der Waals surface area contributed by atoms with Crippen LogP contribution in [0.1, 0.15) is 0 Å². The van der Waals surface area contributed by atoms with E-state index in [0.717, 1.165) is 11.8 Å². The van der Waals surface area contributed by atoms with E-state index in [1.807, 2.05) is 0 Å². The Morgan fingerprint density at radius 1 is 1.73 bits per heavy atom. The monoisotopic (exact) mass is 192 g/mol.